The second-order valence-corrected chi connectivity index (χ2v) is 12.3. The molecular formula is C36H44N4O5. The molecule has 238 valence electrons. The van der Waals surface area contributed by atoms with Crippen LogP contribution < -0.4 is 20.2 Å². The number of ether oxygens (including phenoxy) is 2. The number of amides is 1. The van der Waals surface area contributed by atoms with Crippen LogP contribution in [0.2, 0.25) is 0 Å². The van der Waals surface area contributed by atoms with E-state index in [1.807, 2.05) is 31.2 Å². The van der Waals surface area contributed by atoms with Crippen molar-refractivity contribution in [1.82, 2.24) is 20.1 Å². The van der Waals surface area contributed by atoms with Gasteiger partial charge in [-0.1, -0.05) is 19.8 Å². The third kappa shape index (κ3) is 7.83. The van der Waals surface area contributed by atoms with E-state index in [4.69, 9.17) is 13.9 Å². The van der Waals surface area contributed by atoms with Crippen molar-refractivity contribution in [2.24, 2.45) is 0 Å². The predicted molar refractivity (Wildman–Crippen MR) is 176 cm³/mol. The molecule has 4 aromatic rings. The Hall–Kier alpha value is -3.95. The molecule has 1 N–H and O–H groups in total. The molecule has 2 aliphatic rings. The fraction of sp³-hybridized carbons (Fsp3) is 0.472. The molecule has 0 unspecified atom stereocenters. The normalized spacial score (nSPS) is 16.4. The Morgan fingerprint density at radius 3 is 2.53 bits per heavy atom. The van der Waals surface area contributed by atoms with Crippen LogP contribution in [0.5, 0.6) is 17.2 Å². The maximum atomic E-state index is 13.5. The van der Waals surface area contributed by atoms with Gasteiger partial charge in [-0.2, -0.15) is 0 Å². The summed E-state index contributed by atoms with van der Waals surface area (Å²) in [5.41, 5.74) is 2.58. The Morgan fingerprint density at radius 2 is 1.78 bits per heavy atom. The predicted octanol–water partition coefficient (Wildman–Crippen LogP) is 5.84. The van der Waals surface area contributed by atoms with Crippen LogP contribution in [-0.2, 0) is 11.2 Å². The van der Waals surface area contributed by atoms with Crippen molar-refractivity contribution in [3.63, 3.8) is 0 Å². The van der Waals surface area contributed by atoms with Gasteiger partial charge < -0.3 is 29.0 Å². The zero-order chi connectivity index (χ0) is 31.2. The summed E-state index contributed by atoms with van der Waals surface area (Å²) in [6, 6.07) is 13.1. The molecule has 45 heavy (non-hydrogen) atoms. The van der Waals surface area contributed by atoms with Gasteiger partial charge in [0.25, 0.3) is 0 Å². The molecule has 9 nitrogen and oxygen atoms in total. The molecule has 2 aromatic carbocycles. The van der Waals surface area contributed by atoms with Crippen molar-refractivity contribution < 1.29 is 18.7 Å². The topological polar surface area (TPSA) is 97.1 Å². The van der Waals surface area contributed by atoms with Crippen LogP contribution in [0.3, 0.4) is 0 Å². The molecule has 1 saturated heterocycles. The molecule has 1 saturated carbocycles. The van der Waals surface area contributed by atoms with Crippen LogP contribution in [0.25, 0.3) is 21.9 Å². The molecule has 0 atom stereocenters. The fourth-order valence-electron chi connectivity index (χ4n) is 6.38. The number of aryl methyl sites for hydroxylation is 2. The van der Waals surface area contributed by atoms with E-state index in [2.05, 4.69) is 27.0 Å². The van der Waals surface area contributed by atoms with Gasteiger partial charge in [0.15, 0.2) is 11.3 Å². The molecule has 2 aromatic heterocycles. The minimum absolute atomic E-state index is 0.0824. The number of hydrogen-bond acceptors (Lipinski definition) is 8. The molecule has 0 bridgehead atoms. The lowest BCUT2D eigenvalue weighted by Crippen LogP contribution is -2.46. The summed E-state index contributed by atoms with van der Waals surface area (Å²) < 4.78 is 18.6. The van der Waals surface area contributed by atoms with Gasteiger partial charge in [0.1, 0.15) is 17.1 Å². The van der Waals surface area contributed by atoms with Crippen LogP contribution in [0.1, 0.15) is 56.7 Å². The minimum Gasteiger partial charge on any atom is -0.490 e. The smallest absolute Gasteiger partial charge is 0.220 e. The van der Waals surface area contributed by atoms with Gasteiger partial charge in [-0.15, -0.1) is 0 Å². The average Bonchev–Trinajstić information content (AvgIpc) is 3.56. The first-order valence-corrected chi connectivity index (χ1v) is 16.5. The van der Waals surface area contributed by atoms with Crippen LogP contribution >= 0.6 is 0 Å². The summed E-state index contributed by atoms with van der Waals surface area (Å²) in [4.78, 5) is 35.2. The first-order valence-electron chi connectivity index (χ1n) is 16.5. The molecule has 0 spiro atoms. The maximum absolute atomic E-state index is 13.5. The Labute approximate surface area is 264 Å². The van der Waals surface area contributed by atoms with Crippen molar-refractivity contribution in [3.8, 4) is 17.2 Å². The SMILES string of the molecule is CCN1CCN(CCCOc2cc(C)cc3c(=O)c4ccc(Oc5ccc(CCC(=O)NC6CCCC6)nc5)cc4oc23)CC1. The van der Waals surface area contributed by atoms with Gasteiger partial charge in [0.05, 0.1) is 23.6 Å². The number of pyridine rings is 1. The Morgan fingerprint density at radius 1 is 1.00 bits per heavy atom. The number of fused-ring (bicyclic) bond motifs is 2. The number of nitrogens with zero attached hydrogens (tertiary/aromatic N) is 3. The molecule has 9 heteroatoms. The van der Waals surface area contributed by atoms with Crippen LogP contribution in [0.15, 0.2) is 57.9 Å². The van der Waals surface area contributed by atoms with Crippen LogP contribution in [0.4, 0.5) is 0 Å². The number of likely N-dealkylation sites (N-methyl/N-ethyl adjacent to an activating group) is 1. The van der Waals surface area contributed by atoms with Gasteiger partial charge in [0.2, 0.25) is 11.3 Å². The second-order valence-electron chi connectivity index (χ2n) is 12.3. The molecule has 2 fully saturated rings. The lowest BCUT2D eigenvalue weighted by atomic mass is 10.1. The summed E-state index contributed by atoms with van der Waals surface area (Å²) in [5, 5.41) is 4.12. The molecule has 1 aliphatic heterocycles. The van der Waals surface area contributed by atoms with Gasteiger partial charge >= 0.3 is 0 Å². The summed E-state index contributed by atoms with van der Waals surface area (Å²) >= 11 is 0. The van der Waals surface area contributed by atoms with Crippen molar-refractivity contribution in [2.75, 3.05) is 45.9 Å². The number of rotatable bonds is 12. The highest BCUT2D eigenvalue weighted by Gasteiger charge is 2.18. The molecular weight excluding hydrogens is 568 g/mol. The van der Waals surface area contributed by atoms with Crippen molar-refractivity contribution >= 4 is 27.8 Å². The molecule has 6 rings (SSSR count). The first kappa shape index (κ1) is 31.0. The van der Waals surface area contributed by atoms with E-state index in [-0.39, 0.29) is 11.3 Å². The van der Waals surface area contributed by atoms with Gasteiger partial charge in [-0.3, -0.25) is 14.6 Å². The average molecular weight is 613 g/mol. The van der Waals surface area contributed by atoms with E-state index in [1.54, 1.807) is 24.4 Å². The first-order chi connectivity index (χ1) is 21.9. The Kier molecular flexibility index (Phi) is 9.96. The highest BCUT2D eigenvalue weighted by atomic mass is 16.5. The zero-order valence-corrected chi connectivity index (χ0v) is 26.5. The van der Waals surface area contributed by atoms with E-state index >= 15 is 0 Å². The molecule has 0 radical (unpaired) electrons. The minimum atomic E-state index is -0.0943. The summed E-state index contributed by atoms with van der Waals surface area (Å²) in [6.45, 7) is 11.2. The number of aromatic nitrogens is 1. The third-order valence-electron chi connectivity index (χ3n) is 9.00. The largest absolute Gasteiger partial charge is 0.490 e. The van der Waals surface area contributed by atoms with Gasteiger partial charge in [-0.25, -0.2) is 0 Å². The maximum Gasteiger partial charge on any atom is 0.220 e. The van der Waals surface area contributed by atoms with E-state index in [0.717, 1.165) is 69.8 Å². The number of carbonyl (C=O) groups is 1. The van der Waals surface area contributed by atoms with Gasteiger partial charge in [0, 0.05) is 56.9 Å². The molecule has 1 aliphatic carbocycles. The number of nitrogens with one attached hydrogen (secondary N) is 1. The summed E-state index contributed by atoms with van der Waals surface area (Å²) in [6.07, 6.45) is 8.10. The summed E-state index contributed by atoms with van der Waals surface area (Å²) in [5.74, 6) is 1.77. The lowest BCUT2D eigenvalue weighted by molar-refractivity contribution is -0.121. The zero-order valence-electron chi connectivity index (χ0n) is 26.5. The molecule has 1 amide bonds. The quantitative estimate of drug-likeness (QED) is 0.158. The molecule has 3 heterocycles. The highest BCUT2D eigenvalue weighted by molar-refractivity contribution is 5.93. The standard InChI is InChI=1S/C36H44N4O5/c1-3-39-16-18-40(19-17-39)15-6-20-43-33-22-25(2)21-31-35(42)30-13-12-28(23-32(30)45-36(31)33)44-29-11-9-26(37-24-29)10-14-34(41)38-27-7-4-5-8-27/h9,11-13,21-24,27H,3-8,10,14-20H2,1-2H3,(H,38,41). The summed E-state index contributed by atoms with van der Waals surface area (Å²) in [7, 11) is 0. The van der Waals surface area contributed by atoms with Crippen molar-refractivity contribution in [2.45, 2.75) is 64.8 Å². The van der Waals surface area contributed by atoms with E-state index < -0.39 is 0 Å². The second kappa shape index (κ2) is 14.4. The van der Waals surface area contributed by atoms with Crippen molar-refractivity contribution in [3.05, 3.63) is 70.1 Å². The third-order valence-corrected chi connectivity index (χ3v) is 9.00. The number of piperazine rings is 1. The number of benzene rings is 2. The Balaban J connectivity index is 1.10. The number of carbonyl (C=O) groups excluding carboxylic acids is 1. The monoisotopic (exact) mass is 612 g/mol. The lowest BCUT2D eigenvalue weighted by Gasteiger charge is -2.33. The number of hydrogen-bond donors (Lipinski definition) is 1. The van der Waals surface area contributed by atoms with E-state index in [1.165, 1.54) is 12.8 Å². The fourth-order valence-corrected chi connectivity index (χ4v) is 6.38. The van der Waals surface area contributed by atoms with Crippen molar-refractivity contribution in [1.29, 1.82) is 0 Å². The van der Waals surface area contributed by atoms with Crippen LogP contribution in [0, 0.1) is 6.92 Å². The van der Waals surface area contributed by atoms with Gasteiger partial charge in [-0.05, 0) is 81.1 Å². The highest BCUT2D eigenvalue weighted by Crippen LogP contribution is 2.31. The van der Waals surface area contributed by atoms with Crippen LogP contribution in [-0.4, -0.2) is 72.6 Å². The van der Waals surface area contributed by atoms with E-state index in [0.29, 0.717) is 64.7 Å². The van der Waals surface area contributed by atoms with E-state index in [9.17, 15) is 9.59 Å². The Bertz CT molecular complexity index is 1670.